The summed E-state index contributed by atoms with van der Waals surface area (Å²) >= 11 is 9.65. The fraction of sp³-hybridized carbons (Fsp3) is 0.417. The zero-order valence-corrected chi connectivity index (χ0v) is 11.6. The van der Waals surface area contributed by atoms with Gasteiger partial charge in [-0.1, -0.05) is 22.0 Å². The maximum absolute atomic E-state index is 10.5. The van der Waals surface area contributed by atoms with Crippen LogP contribution in [0.3, 0.4) is 0 Å². The first-order chi connectivity index (χ1) is 7.41. The zero-order chi connectivity index (χ0) is 12.3. The highest BCUT2D eigenvalue weighted by Gasteiger charge is 2.13. The number of carboxylic acids is 1. The second kappa shape index (κ2) is 5.69. The molecule has 0 amide bonds. The molecule has 0 heterocycles. The van der Waals surface area contributed by atoms with Crippen LogP contribution in [0.1, 0.15) is 34.9 Å². The highest BCUT2D eigenvalue weighted by molar-refractivity contribution is 9.10. The molecular formula is C12H14BrClO2. The third-order valence-electron chi connectivity index (χ3n) is 2.50. The first-order valence-corrected chi connectivity index (χ1v) is 6.27. The van der Waals surface area contributed by atoms with E-state index in [0.717, 1.165) is 21.2 Å². The largest absolute Gasteiger partial charge is 0.481 e. The van der Waals surface area contributed by atoms with Crippen LogP contribution in [0.4, 0.5) is 0 Å². The van der Waals surface area contributed by atoms with Gasteiger partial charge >= 0.3 is 5.97 Å². The van der Waals surface area contributed by atoms with Crippen LogP contribution in [0.2, 0.25) is 0 Å². The van der Waals surface area contributed by atoms with Crippen molar-refractivity contribution in [3.05, 3.63) is 33.3 Å². The molecule has 4 heteroatoms. The van der Waals surface area contributed by atoms with Crippen molar-refractivity contribution in [1.82, 2.24) is 0 Å². The lowest BCUT2D eigenvalue weighted by Crippen LogP contribution is -2.00. The molecule has 0 aliphatic rings. The van der Waals surface area contributed by atoms with E-state index in [0.29, 0.717) is 6.42 Å². The maximum atomic E-state index is 10.5. The summed E-state index contributed by atoms with van der Waals surface area (Å²) in [6.45, 7) is 4.01. The summed E-state index contributed by atoms with van der Waals surface area (Å²) in [4.78, 5) is 10.5. The van der Waals surface area contributed by atoms with Gasteiger partial charge in [0.15, 0.2) is 0 Å². The Morgan fingerprint density at radius 1 is 1.44 bits per heavy atom. The maximum Gasteiger partial charge on any atom is 0.303 e. The molecule has 0 aliphatic carbocycles. The van der Waals surface area contributed by atoms with E-state index in [9.17, 15) is 4.79 Å². The van der Waals surface area contributed by atoms with E-state index < -0.39 is 5.97 Å². The molecule has 1 N–H and O–H groups in total. The van der Waals surface area contributed by atoms with Crippen LogP contribution in [0, 0.1) is 13.8 Å². The van der Waals surface area contributed by atoms with Gasteiger partial charge < -0.3 is 5.11 Å². The van der Waals surface area contributed by atoms with Gasteiger partial charge in [0.25, 0.3) is 0 Å². The van der Waals surface area contributed by atoms with Gasteiger partial charge in [0.2, 0.25) is 0 Å². The number of halogens is 2. The molecule has 1 atom stereocenters. The standard InChI is InChI=1S/C12H14BrClO2/c1-7-5-8(2)10(13)6-9(7)11(14)3-4-12(15)16/h5-6,11H,3-4H2,1-2H3,(H,15,16). The normalized spacial score (nSPS) is 12.5. The number of aryl methyl sites for hydroxylation is 2. The fourth-order valence-electron chi connectivity index (χ4n) is 1.58. The van der Waals surface area contributed by atoms with Gasteiger partial charge in [0.05, 0.1) is 5.38 Å². The Hall–Kier alpha value is -0.540. The lowest BCUT2D eigenvalue weighted by Gasteiger charge is -2.13. The molecule has 1 aromatic rings. The first kappa shape index (κ1) is 13.5. The van der Waals surface area contributed by atoms with E-state index in [4.69, 9.17) is 16.7 Å². The Labute approximate surface area is 109 Å². The van der Waals surface area contributed by atoms with Crippen LogP contribution in [-0.4, -0.2) is 11.1 Å². The van der Waals surface area contributed by atoms with Gasteiger partial charge in [-0.2, -0.15) is 0 Å². The number of hydrogen-bond donors (Lipinski definition) is 1. The van der Waals surface area contributed by atoms with E-state index in [2.05, 4.69) is 22.0 Å². The van der Waals surface area contributed by atoms with Gasteiger partial charge in [-0.25, -0.2) is 0 Å². The molecule has 0 radical (unpaired) electrons. The van der Waals surface area contributed by atoms with Crippen LogP contribution in [0.5, 0.6) is 0 Å². The Balaban J connectivity index is 2.86. The molecular weight excluding hydrogens is 291 g/mol. The molecule has 0 aliphatic heterocycles. The number of benzene rings is 1. The van der Waals surface area contributed by atoms with Crippen molar-refractivity contribution in [2.75, 3.05) is 0 Å². The van der Waals surface area contributed by atoms with Crippen molar-refractivity contribution in [2.24, 2.45) is 0 Å². The number of carbonyl (C=O) groups is 1. The zero-order valence-electron chi connectivity index (χ0n) is 9.26. The number of aliphatic carboxylic acids is 1. The molecule has 0 spiro atoms. The van der Waals surface area contributed by atoms with Crippen LogP contribution in [0.25, 0.3) is 0 Å². The number of alkyl halides is 1. The van der Waals surface area contributed by atoms with Gasteiger partial charge in [-0.15, -0.1) is 11.6 Å². The van der Waals surface area contributed by atoms with E-state index in [-0.39, 0.29) is 11.8 Å². The van der Waals surface area contributed by atoms with Gasteiger partial charge in [0, 0.05) is 10.9 Å². The third-order valence-corrected chi connectivity index (χ3v) is 3.80. The molecule has 0 saturated heterocycles. The van der Waals surface area contributed by atoms with Crippen molar-refractivity contribution < 1.29 is 9.90 Å². The van der Waals surface area contributed by atoms with Crippen molar-refractivity contribution >= 4 is 33.5 Å². The molecule has 0 fully saturated rings. The molecule has 1 unspecified atom stereocenters. The van der Waals surface area contributed by atoms with Crippen molar-refractivity contribution in [3.63, 3.8) is 0 Å². The van der Waals surface area contributed by atoms with Gasteiger partial charge in [-0.3, -0.25) is 4.79 Å². The topological polar surface area (TPSA) is 37.3 Å². The predicted octanol–water partition coefficient (Wildman–Crippen LogP) is 4.21. The summed E-state index contributed by atoms with van der Waals surface area (Å²) in [5, 5.41) is 8.37. The van der Waals surface area contributed by atoms with Gasteiger partial charge in [0.1, 0.15) is 0 Å². The highest BCUT2D eigenvalue weighted by Crippen LogP contribution is 2.32. The fourth-order valence-corrected chi connectivity index (χ4v) is 2.29. The number of rotatable bonds is 4. The summed E-state index contributed by atoms with van der Waals surface area (Å²) < 4.78 is 1.01. The van der Waals surface area contributed by atoms with Crippen LogP contribution >= 0.6 is 27.5 Å². The van der Waals surface area contributed by atoms with Crippen LogP contribution in [0.15, 0.2) is 16.6 Å². The van der Waals surface area contributed by atoms with Crippen LogP contribution in [-0.2, 0) is 4.79 Å². The van der Waals surface area contributed by atoms with E-state index in [1.165, 1.54) is 0 Å². The molecule has 0 saturated carbocycles. The van der Waals surface area contributed by atoms with Crippen LogP contribution < -0.4 is 0 Å². The summed E-state index contributed by atoms with van der Waals surface area (Å²) in [6.07, 6.45) is 0.548. The Kier molecular flexibility index (Phi) is 4.81. The minimum atomic E-state index is -0.811. The number of hydrogen-bond acceptors (Lipinski definition) is 1. The molecule has 2 nitrogen and oxygen atoms in total. The lowest BCUT2D eigenvalue weighted by molar-refractivity contribution is -0.137. The molecule has 1 rings (SSSR count). The quantitative estimate of drug-likeness (QED) is 0.846. The molecule has 16 heavy (non-hydrogen) atoms. The number of carboxylic acid groups (broad SMARTS) is 1. The van der Waals surface area contributed by atoms with E-state index in [1.807, 2.05) is 19.9 Å². The highest BCUT2D eigenvalue weighted by atomic mass is 79.9. The summed E-state index contributed by atoms with van der Waals surface area (Å²) in [5.41, 5.74) is 3.26. The Morgan fingerprint density at radius 2 is 2.06 bits per heavy atom. The monoisotopic (exact) mass is 304 g/mol. The second-order valence-electron chi connectivity index (χ2n) is 3.86. The lowest BCUT2D eigenvalue weighted by atomic mass is 10.0. The molecule has 0 aromatic heterocycles. The Morgan fingerprint density at radius 3 is 2.62 bits per heavy atom. The molecule has 88 valence electrons. The van der Waals surface area contributed by atoms with Crippen molar-refractivity contribution in [3.8, 4) is 0 Å². The average Bonchev–Trinajstić information content (AvgIpc) is 2.20. The van der Waals surface area contributed by atoms with Gasteiger partial charge in [-0.05, 0) is 43.0 Å². The smallest absolute Gasteiger partial charge is 0.303 e. The SMILES string of the molecule is Cc1cc(C)c(C(Cl)CCC(=O)O)cc1Br. The van der Waals surface area contributed by atoms with Crippen molar-refractivity contribution in [2.45, 2.75) is 32.1 Å². The third kappa shape index (κ3) is 3.49. The van der Waals surface area contributed by atoms with Crippen molar-refractivity contribution in [1.29, 1.82) is 0 Å². The molecule has 0 bridgehead atoms. The van der Waals surface area contributed by atoms with E-state index in [1.54, 1.807) is 0 Å². The average molecular weight is 306 g/mol. The minimum absolute atomic E-state index is 0.0963. The Bertz CT molecular complexity index is 404. The molecule has 1 aromatic carbocycles. The minimum Gasteiger partial charge on any atom is -0.481 e. The predicted molar refractivity (Wildman–Crippen MR) is 69.1 cm³/mol. The second-order valence-corrected chi connectivity index (χ2v) is 5.24. The summed E-state index contributed by atoms with van der Waals surface area (Å²) in [6, 6.07) is 4.03. The van der Waals surface area contributed by atoms with E-state index >= 15 is 0 Å². The first-order valence-electron chi connectivity index (χ1n) is 5.04. The summed E-state index contributed by atoms with van der Waals surface area (Å²) in [5.74, 6) is -0.811. The summed E-state index contributed by atoms with van der Waals surface area (Å²) in [7, 11) is 0.